The van der Waals surface area contributed by atoms with Gasteiger partial charge < -0.3 is 76.9 Å². The number of carbonyl (C=O) groups is 4. The van der Waals surface area contributed by atoms with Gasteiger partial charge in [-0.1, -0.05) is 35.9 Å². The summed E-state index contributed by atoms with van der Waals surface area (Å²) in [4.78, 5) is 87.0. The Kier molecular flexibility index (Phi) is 24.9. The maximum atomic E-state index is 13.6. The second-order valence-electron chi connectivity index (χ2n) is 37.3. The number of rotatable bonds is 20. The average molecular weight is 1890 g/mol. The van der Waals surface area contributed by atoms with Gasteiger partial charge in [0.05, 0.1) is 146 Å². The Hall–Kier alpha value is -15.1. The summed E-state index contributed by atoms with van der Waals surface area (Å²) in [6.07, 6.45) is 33.3. The van der Waals surface area contributed by atoms with Gasteiger partial charge in [-0.05, 0) is 202 Å². The molecule has 714 valence electrons. The van der Waals surface area contributed by atoms with E-state index in [4.69, 9.17) is 9.47 Å². The lowest BCUT2D eigenvalue weighted by molar-refractivity contribution is 0.0591. The third-order valence-corrected chi connectivity index (χ3v) is 27.9. The fraction of sp³-hybridized carbons (Fsp3) is 0.305. The van der Waals surface area contributed by atoms with Crippen molar-refractivity contribution in [3.8, 4) is 45.0 Å². The molecular weight excluding hydrogens is 1780 g/mol. The van der Waals surface area contributed by atoms with Crippen LogP contribution in [0, 0.1) is 17.6 Å². The molecule has 11 aromatic heterocycles. The first-order chi connectivity index (χ1) is 68.3. The Balaban J connectivity index is 0.000000108. The number of nitrogens with one attached hydrogen (secondary N) is 8. The molecule has 4 amide bonds. The molecule has 0 spiro atoms. The Morgan fingerprint density at radius 2 is 0.857 bits per heavy atom. The van der Waals surface area contributed by atoms with Crippen LogP contribution in [0.5, 0.6) is 0 Å². The number of imidazole rings is 4. The normalized spacial score (nSPS) is 17.3. The number of allylic oxidation sites excluding steroid dienone is 3. The number of amides is 4. The number of anilines is 9. The van der Waals surface area contributed by atoms with E-state index in [1.807, 2.05) is 146 Å². The SMILES string of the molecule is CN(C)Cc1ccn2c(-c3ccc(Nc4ccc(N5CCC(O)CC5)cn4)c4c3CNC4=O)cnc2c1.O=C1NCc2c(-c3cnc4cc(CN5CC(F)C5)ccn34)ccc(Nc3ccc(N4CCC(O)CC4)cn3)c21.O=C1NCc2c(-c3cnc4cc(F)ccn34)ccc(NC3=CCC(C4CCOCC4)=C3)c21.O=C1NCc2c(-c3cnc4cc(F)ccn34)ccc(Nc3cnn(C4CCOCC4)c3)c21. The van der Waals surface area contributed by atoms with Gasteiger partial charge in [0.2, 0.25) is 0 Å². The number of pyridine rings is 6. The second kappa shape index (κ2) is 38.7. The predicted molar refractivity (Wildman–Crippen MR) is 527 cm³/mol. The van der Waals surface area contributed by atoms with Crippen molar-refractivity contribution in [3.05, 3.63) is 286 Å². The van der Waals surface area contributed by atoms with Crippen LogP contribution in [0.25, 0.3) is 67.6 Å². The molecular formula is C105H105F3N24O8. The summed E-state index contributed by atoms with van der Waals surface area (Å²) in [6, 6.07) is 37.9. The Labute approximate surface area is 803 Å². The molecule has 35 heteroatoms. The van der Waals surface area contributed by atoms with Crippen molar-refractivity contribution < 1.29 is 52.0 Å². The van der Waals surface area contributed by atoms with Gasteiger partial charge >= 0.3 is 0 Å². The smallest absolute Gasteiger partial charge is 0.254 e. The number of aliphatic hydroxyl groups is 2. The van der Waals surface area contributed by atoms with Gasteiger partial charge in [0.25, 0.3) is 23.6 Å². The van der Waals surface area contributed by atoms with Crippen LogP contribution in [0.1, 0.15) is 139 Å². The maximum Gasteiger partial charge on any atom is 0.254 e. The first kappa shape index (κ1) is 90.0. The summed E-state index contributed by atoms with van der Waals surface area (Å²) >= 11 is 0. The molecule has 0 saturated carbocycles. The van der Waals surface area contributed by atoms with Crippen molar-refractivity contribution in [2.45, 2.75) is 121 Å². The van der Waals surface area contributed by atoms with Crippen molar-refractivity contribution in [1.82, 2.24) is 88.4 Å². The van der Waals surface area contributed by atoms with Crippen LogP contribution in [-0.2, 0) is 48.7 Å². The fourth-order valence-electron chi connectivity index (χ4n) is 20.6. The predicted octanol–water partition coefficient (Wildman–Crippen LogP) is 15.0. The van der Waals surface area contributed by atoms with E-state index in [9.17, 15) is 42.6 Å². The summed E-state index contributed by atoms with van der Waals surface area (Å²) in [6.45, 7) is 10.8. The molecule has 5 saturated heterocycles. The van der Waals surface area contributed by atoms with E-state index in [2.05, 4.69) is 140 Å². The van der Waals surface area contributed by atoms with E-state index in [0.29, 0.717) is 109 Å². The van der Waals surface area contributed by atoms with Crippen LogP contribution in [0.15, 0.2) is 219 Å². The second-order valence-corrected chi connectivity index (χ2v) is 37.3. The number of ether oxygens (including phenoxy) is 2. The Morgan fingerprint density at radius 3 is 1.29 bits per heavy atom. The monoisotopic (exact) mass is 1890 g/mol. The average Bonchev–Trinajstić information content (AvgIpc) is 1.62. The first-order valence-corrected chi connectivity index (χ1v) is 47.7. The summed E-state index contributed by atoms with van der Waals surface area (Å²) in [5, 5.41) is 49.4. The summed E-state index contributed by atoms with van der Waals surface area (Å²) < 4.78 is 61.0. The zero-order valence-electron chi connectivity index (χ0n) is 77.3. The molecule has 0 bridgehead atoms. The summed E-state index contributed by atoms with van der Waals surface area (Å²) in [5.41, 5.74) is 26.9. The zero-order chi connectivity index (χ0) is 95.3. The molecule has 5 fully saturated rings. The van der Waals surface area contributed by atoms with Crippen molar-refractivity contribution in [2.24, 2.45) is 5.92 Å². The number of halogens is 3. The molecule has 4 aromatic carbocycles. The van der Waals surface area contributed by atoms with E-state index in [1.165, 1.54) is 35.4 Å². The largest absolute Gasteiger partial charge is 0.393 e. The number of aliphatic hydroxyl groups excluding tert-OH is 2. The highest BCUT2D eigenvalue weighted by atomic mass is 19.1. The van der Waals surface area contributed by atoms with Crippen molar-refractivity contribution in [1.29, 1.82) is 0 Å². The molecule has 140 heavy (non-hydrogen) atoms. The molecule has 0 radical (unpaired) electrons. The number of hydrogen-bond acceptors (Lipinski definition) is 23. The van der Waals surface area contributed by atoms with Crippen molar-refractivity contribution in [3.63, 3.8) is 0 Å². The number of aromatic nitrogens is 12. The highest BCUT2D eigenvalue weighted by molar-refractivity contribution is 6.09. The lowest BCUT2D eigenvalue weighted by Gasteiger charge is -2.34. The van der Waals surface area contributed by atoms with Crippen LogP contribution in [-0.4, -0.2) is 199 Å². The van der Waals surface area contributed by atoms with Gasteiger partial charge in [0, 0.05) is 176 Å². The van der Waals surface area contributed by atoms with Gasteiger partial charge in [0.1, 0.15) is 52.0 Å². The molecule has 20 heterocycles. The molecule has 10 aliphatic rings. The summed E-state index contributed by atoms with van der Waals surface area (Å²) in [5.74, 6) is 0.840. The number of benzene rings is 4. The third-order valence-electron chi connectivity index (χ3n) is 27.9. The van der Waals surface area contributed by atoms with Gasteiger partial charge in [-0.25, -0.2) is 43.1 Å². The van der Waals surface area contributed by atoms with Gasteiger partial charge in [0.15, 0.2) is 0 Å². The van der Waals surface area contributed by atoms with Gasteiger partial charge in [-0.2, -0.15) is 5.10 Å². The van der Waals surface area contributed by atoms with Crippen LogP contribution in [0.4, 0.5) is 64.6 Å². The lowest BCUT2D eigenvalue weighted by atomic mass is 9.91. The number of alkyl halides is 1. The quantitative estimate of drug-likeness (QED) is 0.0339. The topological polar surface area (TPSA) is 349 Å². The molecule has 0 atom stereocenters. The molecule has 25 rings (SSSR count). The van der Waals surface area contributed by atoms with Crippen molar-refractivity contribution in [2.75, 3.05) is 111 Å². The zero-order valence-corrected chi connectivity index (χ0v) is 77.3. The van der Waals surface area contributed by atoms with E-state index in [0.717, 1.165) is 241 Å². The molecule has 0 unspecified atom stereocenters. The van der Waals surface area contributed by atoms with Crippen LogP contribution >= 0.6 is 0 Å². The minimum Gasteiger partial charge on any atom is -0.393 e. The number of likely N-dealkylation sites (tertiary alicyclic amines) is 1. The Morgan fingerprint density at radius 1 is 0.450 bits per heavy atom. The number of carbonyl (C=O) groups excluding carboxylic acids is 4. The van der Waals surface area contributed by atoms with E-state index >= 15 is 0 Å². The van der Waals surface area contributed by atoms with E-state index < -0.39 is 6.17 Å². The number of hydrogen-bond donors (Lipinski definition) is 10. The number of fused-ring (bicyclic) bond motifs is 8. The van der Waals surface area contributed by atoms with Crippen LogP contribution in [0.2, 0.25) is 0 Å². The molecule has 32 nitrogen and oxygen atoms in total. The minimum absolute atomic E-state index is 0.0866. The van der Waals surface area contributed by atoms with E-state index in [-0.39, 0.29) is 47.5 Å². The number of nitrogens with zero attached hydrogens (tertiary/aromatic N) is 16. The molecule has 1 aliphatic carbocycles. The van der Waals surface area contributed by atoms with Gasteiger partial charge in [-0.15, -0.1) is 0 Å². The highest BCUT2D eigenvalue weighted by Gasteiger charge is 2.35. The number of piperidine rings is 2. The third kappa shape index (κ3) is 18.4. The van der Waals surface area contributed by atoms with Crippen LogP contribution in [0.3, 0.4) is 0 Å². The fourth-order valence-corrected chi connectivity index (χ4v) is 20.6. The minimum atomic E-state index is -0.715. The molecule has 15 aromatic rings. The van der Waals surface area contributed by atoms with Gasteiger partial charge in [-0.3, -0.25) is 46.4 Å². The van der Waals surface area contributed by atoms with Crippen molar-refractivity contribution >= 4 is 97.7 Å². The first-order valence-electron chi connectivity index (χ1n) is 47.7. The van der Waals surface area contributed by atoms with E-state index in [1.54, 1.807) is 31.0 Å². The Bertz CT molecular complexity index is 7360. The lowest BCUT2D eigenvalue weighted by Crippen LogP contribution is -2.47. The molecule has 10 N–H and O–H groups in total. The van der Waals surface area contributed by atoms with Crippen LogP contribution < -0.4 is 52.3 Å². The highest BCUT2D eigenvalue weighted by Crippen LogP contribution is 2.43. The standard InChI is InChI=1S/C29H30FN7O2.C28H31N7O2.C25H23FN4O2.C23H21FN6O2/c30-19-16-35(17-19)15-18-5-10-37-25(14-32-27(37)11-18)22-2-3-24(28-23(22)13-33-29(28)39)34-26-4-1-20(12-31-26)36-8-6-21(38)7-9-36;1-33(2)17-18-7-12-35-24(16-30-26(35)13-18)21-4-5-23(27-22(21)15-31-28(27)37)32-25-6-3-19(14-29-25)34-10-8-20(36)9-11-34;26-17-5-8-30-22(14-27-23(30)12-17)19-3-4-21(24-20(19)13-28-25(24)31)29-18-2-1-16(11-18)15-6-9-32-10-7-15;24-14-3-6-29-20(12-25-21(29)9-14)17-1-2-19(22-18(17)11-26-23(22)31)28-15-10-27-30(13-15)16-4-7-32-8-5-16/h1-5,10-12,14,19,21,38H,6-9,13,15-17H2,(H,31,34)(H,33,39);3-7,12-14,16,20,36H,8-11,15,17H2,1-2H3,(H,29,32)(H,31,37);2-5,8,11-12,14-15,29H,1,6-7,9-10,13H2,(H,28,31);1-3,6,9-10,12-13,16,28H,4-5,7-8,11H2,(H,26,31). The summed E-state index contributed by atoms with van der Waals surface area (Å²) in [7, 11) is 4.10. The maximum absolute atomic E-state index is 13.6. The molecule has 9 aliphatic heterocycles.